The molecule has 10 heteroatoms. The molecule has 118 valence electrons. The first-order chi connectivity index (χ1) is 10.5. The quantitative estimate of drug-likeness (QED) is 0.678. The van der Waals surface area contributed by atoms with Crippen molar-refractivity contribution in [2.75, 3.05) is 49.6 Å². The van der Waals surface area contributed by atoms with E-state index in [1.807, 2.05) is 28.2 Å². The lowest BCUT2D eigenvalue weighted by atomic mass is 10.5. The van der Waals surface area contributed by atoms with Crippen LogP contribution < -0.4 is 14.7 Å². The lowest BCUT2D eigenvalue weighted by Crippen LogP contribution is -2.28. The maximum Gasteiger partial charge on any atom is 0.232 e. The van der Waals surface area contributed by atoms with Gasteiger partial charge in [-0.15, -0.1) is 0 Å². The highest BCUT2D eigenvalue weighted by atomic mass is 16.3. The van der Waals surface area contributed by atoms with Gasteiger partial charge in [0.15, 0.2) is 5.82 Å². The molecule has 0 radical (unpaired) electrons. The van der Waals surface area contributed by atoms with Crippen LogP contribution in [0.1, 0.15) is 5.82 Å². The zero-order chi connectivity index (χ0) is 16.1. The van der Waals surface area contributed by atoms with Gasteiger partial charge >= 0.3 is 0 Å². The van der Waals surface area contributed by atoms with Gasteiger partial charge in [-0.2, -0.15) is 9.97 Å². The van der Waals surface area contributed by atoms with Crippen LogP contribution in [0.2, 0.25) is 0 Å². The minimum absolute atomic E-state index is 0.261. The monoisotopic (exact) mass is 305 g/mol. The average Bonchev–Trinajstić information content (AvgIpc) is 2.53. The Hall–Kier alpha value is -2.62. The maximum atomic E-state index is 9.58. The van der Waals surface area contributed by atoms with Crippen molar-refractivity contribution in [1.82, 2.24) is 29.9 Å². The van der Waals surface area contributed by atoms with Crippen LogP contribution >= 0.6 is 0 Å². The van der Waals surface area contributed by atoms with Gasteiger partial charge in [-0.25, -0.2) is 19.9 Å². The number of rotatable bonds is 6. The summed E-state index contributed by atoms with van der Waals surface area (Å²) in [6.45, 7) is -0.00337. The highest BCUT2D eigenvalue weighted by Crippen LogP contribution is 2.12. The van der Waals surface area contributed by atoms with Crippen LogP contribution in [-0.2, 0) is 6.54 Å². The normalized spacial score (nSPS) is 10.4. The molecule has 0 amide bonds. The standard InChI is InChI=1S/C12H19N9O/c1-19(2)10-14-6-13-9(17-10)5-21(8-22)12-16-7-15-11(18-12)20(3)4/h6-7,22H,5,8H2,1-4H3. The van der Waals surface area contributed by atoms with E-state index in [0.29, 0.717) is 23.7 Å². The van der Waals surface area contributed by atoms with E-state index >= 15 is 0 Å². The molecule has 0 saturated heterocycles. The molecule has 22 heavy (non-hydrogen) atoms. The van der Waals surface area contributed by atoms with Crippen molar-refractivity contribution >= 4 is 17.8 Å². The summed E-state index contributed by atoms with van der Waals surface area (Å²) in [5, 5.41) is 9.58. The van der Waals surface area contributed by atoms with Crippen molar-refractivity contribution in [2.45, 2.75) is 6.54 Å². The van der Waals surface area contributed by atoms with Gasteiger partial charge in [-0.05, 0) is 0 Å². The van der Waals surface area contributed by atoms with Crippen molar-refractivity contribution in [3.05, 3.63) is 18.5 Å². The molecule has 2 aromatic heterocycles. The zero-order valence-electron chi connectivity index (χ0n) is 13.0. The van der Waals surface area contributed by atoms with Gasteiger partial charge in [-0.1, -0.05) is 0 Å². The van der Waals surface area contributed by atoms with E-state index in [4.69, 9.17) is 0 Å². The largest absolute Gasteiger partial charge is 0.376 e. The van der Waals surface area contributed by atoms with Crippen LogP contribution in [0.4, 0.5) is 17.8 Å². The first-order valence-corrected chi connectivity index (χ1v) is 6.58. The molecule has 2 heterocycles. The molecule has 0 aliphatic rings. The first-order valence-electron chi connectivity index (χ1n) is 6.58. The molecule has 0 spiro atoms. The van der Waals surface area contributed by atoms with Gasteiger partial charge in [-0.3, -0.25) is 0 Å². The second-order valence-corrected chi connectivity index (χ2v) is 4.92. The molecule has 0 atom stereocenters. The van der Waals surface area contributed by atoms with E-state index in [1.165, 1.54) is 12.7 Å². The highest BCUT2D eigenvalue weighted by Gasteiger charge is 2.14. The van der Waals surface area contributed by atoms with Crippen molar-refractivity contribution in [2.24, 2.45) is 0 Å². The summed E-state index contributed by atoms with van der Waals surface area (Å²) in [4.78, 5) is 30.0. The molecule has 0 saturated carbocycles. The lowest BCUT2D eigenvalue weighted by molar-refractivity contribution is 0.286. The summed E-state index contributed by atoms with van der Waals surface area (Å²) in [6.07, 6.45) is 2.84. The van der Waals surface area contributed by atoms with E-state index in [1.54, 1.807) is 14.7 Å². The number of aliphatic hydroxyl groups excluding tert-OH is 1. The summed E-state index contributed by atoms with van der Waals surface area (Å²) in [5.41, 5.74) is 0. The van der Waals surface area contributed by atoms with Gasteiger partial charge < -0.3 is 19.8 Å². The Bertz CT molecular complexity index is 619. The Morgan fingerprint density at radius 2 is 1.36 bits per heavy atom. The molecule has 1 N–H and O–H groups in total. The second kappa shape index (κ2) is 6.89. The number of aliphatic hydroxyl groups is 1. The molecule has 10 nitrogen and oxygen atoms in total. The van der Waals surface area contributed by atoms with Crippen LogP contribution in [0.3, 0.4) is 0 Å². The first kappa shape index (κ1) is 15.8. The number of hydrogen-bond donors (Lipinski definition) is 1. The van der Waals surface area contributed by atoms with Gasteiger partial charge in [0.05, 0.1) is 6.54 Å². The Labute approximate surface area is 128 Å². The maximum absolute atomic E-state index is 9.58. The molecule has 0 aliphatic heterocycles. The fourth-order valence-electron chi connectivity index (χ4n) is 1.61. The van der Waals surface area contributed by atoms with Crippen LogP contribution in [0.5, 0.6) is 0 Å². The Morgan fingerprint density at radius 3 is 1.95 bits per heavy atom. The SMILES string of the molecule is CN(C)c1ncnc(CN(CO)c2ncnc(N(C)C)n2)n1. The fraction of sp³-hybridized carbons (Fsp3) is 0.500. The third kappa shape index (κ3) is 3.73. The Morgan fingerprint density at radius 1 is 0.818 bits per heavy atom. The molecule has 0 aromatic carbocycles. The van der Waals surface area contributed by atoms with E-state index in [2.05, 4.69) is 29.9 Å². The van der Waals surface area contributed by atoms with Gasteiger partial charge in [0.25, 0.3) is 0 Å². The second-order valence-electron chi connectivity index (χ2n) is 4.92. The van der Waals surface area contributed by atoms with Gasteiger partial charge in [0.2, 0.25) is 17.8 Å². The van der Waals surface area contributed by atoms with Gasteiger partial charge in [0, 0.05) is 28.2 Å². The topological polar surface area (TPSA) is 107 Å². The van der Waals surface area contributed by atoms with Crippen LogP contribution in [0.15, 0.2) is 12.7 Å². The fourth-order valence-corrected chi connectivity index (χ4v) is 1.61. The molecule has 2 rings (SSSR count). The van der Waals surface area contributed by atoms with Crippen molar-refractivity contribution in [3.8, 4) is 0 Å². The number of hydrogen-bond acceptors (Lipinski definition) is 10. The molecular formula is C12H19N9O. The third-order valence-electron chi connectivity index (χ3n) is 2.74. The number of nitrogens with zero attached hydrogens (tertiary/aromatic N) is 9. The minimum atomic E-state index is -0.264. The van der Waals surface area contributed by atoms with Crippen LogP contribution in [0, 0.1) is 0 Å². The molecule has 0 aliphatic carbocycles. The number of anilines is 3. The Kier molecular flexibility index (Phi) is 4.94. The zero-order valence-corrected chi connectivity index (χ0v) is 13.0. The lowest BCUT2D eigenvalue weighted by Gasteiger charge is -2.20. The van der Waals surface area contributed by atoms with Crippen molar-refractivity contribution in [1.29, 1.82) is 0 Å². The molecule has 2 aromatic rings. The van der Waals surface area contributed by atoms with Gasteiger partial charge in [0.1, 0.15) is 19.4 Å². The third-order valence-corrected chi connectivity index (χ3v) is 2.74. The van der Waals surface area contributed by atoms with Crippen molar-refractivity contribution in [3.63, 3.8) is 0 Å². The van der Waals surface area contributed by atoms with E-state index < -0.39 is 0 Å². The molecular weight excluding hydrogens is 286 g/mol. The van der Waals surface area contributed by atoms with Crippen molar-refractivity contribution < 1.29 is 5.11 Å². The van der Waals surface area contributed by atoms with Crippen LogP contribution in [-0.4, -0.2) is 69.9 Å². The summed E-state index contributed by atoms with van der Waals surface area (Å²) >= 11 is 0. The smallest absolute Gasteiger partial charge is 0.232 e. The predicted octanol–water partition coefficient (Wildman–Crippen LogP) is -0.855. The van der Waals surface area contributed by atoms with Crippen LogP contribution in [0.25, 0.3) is 0 Å². The molecule has 0 unspecified atom stereocenters. The highest BCUT2D eigenvalue weighted by molar-refractivity contribution is 5.36. The average molecular weight is 305 g/mol. The number of aromatic nitrogens is 6. The van der Waals surface area contributed by atoms with E-state index in [9.17, 15) is 5.11 Å². The minimum Gasteiger partial charge on any atom is -0.376 e. The summed E-state index contributed by atoms with van der Waals surface area (Å²) in [5.74, 6) is 1.92. The summed E-state index contributed by atoms with van der Waals surface area (Å²) < 4.78 is 0. The van der Waals surface area contributed by atoms with E-state index in [-0.39, 0.29) is 13.3 Å². The summed E-state index contributed by atoms with van der Waals surface area (Å²) in [7, 11) is 7.35. The molecule has 0 fully saturated rings. The van der Waals surface area contributed by atoms with E-state index in [0.717, 1.165) is 0 Å². The predicted molar refractivity (Wildman–Crippen MR) is 81.6 cm³/mol. The summed E-state index contributed by atoms with van der Waals surface area (Å²) in [6, 6.07) is 0. The Balaban J connectivity index is 2.22. The molecule has 0 bridgehead atoms.